The molecule has 92 valence electrons. The van der Waals surface area contributed by atoms with Gasteiger partial charge in [0, 0.05) is 12.6 Å². The zero-order valence-corrected chi connectivity index (χ0v) is 10.3. The van der Waals surface area contributed by atoms with Gasteiger partial charge < -0.3 is 10.4 Å². The summed E-state index contributed by atoms with van der Waals surface area (Å²) in [7, 11) is 0. The number of nitrogens with zero attached hydrogens (tertiary/aromatic N) is 3. The summed E-state index contributed by atoms with van der Waals surface area (Å²) < 4.78 is 1.86. The predicted octanol–water partition coefficient (Wildman–Crippen LogP) is 0.795. The molecule has 0 bridgehead atoms. The molecule has 1 atom stereocenters. The molecule has 1 unspecified atom stereocenters. The molecule has 1 aromatic rings. The fourth-order valence-electron chi connectivity index (χ4n) is 1.72. The Labute approximate surface area is 96.9 Å². The number of rotatable bonds is 7. The summed E-state index contributed by atoms with van der Waals surface area (Å²) in [4.78, 5) is 4.18. The summed E-state index contributed by atoms with van der Waals surface area (Å²) in [5, 5.41) is 16.6. The van der Waals surface area contributed by atoms with Gasteiger partial charge in [-0.2, -0.15) is 5.10 Å². The Morgan fingerprint density at radius 1 is 1.50 bits per heavy atom. The second-order valence-corrected chi connectivity index (χ2v) is 4.38. The standard InChI is InChI=1S/C11H22N4O/c1-4-15-11(13-8-14-15)6-12-10(7-16)5-9(2)3/h8-10,12,16H,4-7H2,1-3H3. The van der Waals surface area contributed by atoms with Crippen molar-refractivity contribution in [1.29, 1.82) is 0 Å². The number of aromatic nitrogens is 3. The van der Waals surface area contributed by atoms with Gasteiger partial charge in [0.25, 0.3) is 0 Å². The molecule has 0 spiro atoms. The topological polar surface area (TPSA) is 63.0 Å². The monoisotopic (exact) mass is 226 g/mol. The predicted molar refractivity (Wildman–Crippen MR) is 62.9 cm³/mol. The Balaban J connectivity index is 2.43. The van der Waals surface area contributed by atoms with Crippen LogP contribution >= 0.6 is 0 Å². The number of hydrogen-bond donors (Lipinski definition) is 2. The molecule has 1 heterocycles. The fraction of sp³-hybridized carbons (Fsp3) is 0.818. The van der Waals surface area contributed by atoms with Gasteiger partial charge in [0.05, 0.1) is 13.2 Å². The number of aliphatic hydroxyl groups is 1. The van der Waals surface area contributed by atoms with Gasteiger partial charge in [0.1, 0.15) is 12.2 Å². The molecule has 2 N–H and O–H groups in total. The first-order chi connectivity index (χ1) is 7.67. The Morgan fingerprint density at radius 3 is 2.81 bits per heavy atom. The zero-order chi connectivity index (χ0) is 12.0. The molecular formula is C11H22N4O. The van der Waals surface area contributed by atoms with Crippen molar-refractivity contribution in [3.63, 3.8) is 0 Å². The maximum Gasteiger partial charge on any atom is 0.140 e. The Hall–Kier alpha value is -0.940. The van der Waals surface area contributed by atoms with Gasteiger partial charge >= 0.3 is 0 Å². The fourth-order valence-corrected chi connectivity index (χ4v) is 1.72. The molecule has 0 fully saturated rings. The zero-order valence-electron chi connectivity index (χ0n) is 10.3. The van der Waals surface area contributed by atoms with E-state index in [4.69, 9.17) is 0 Å². The Bertz CT molecular complexity index is 298. The molecule has 0 aliphatic carbocycles. The van der Waals surface area contributed by atoms with E-state index in [-0.39, 0.29) is 12.6 Å². The number of aliphatic hydroxyl groups excluding tert-OH is 1. The molecule has 1 rings (SSSR count). The van der Waals surface area contributed by atoms with E-state index in [2.05, 4.69) is 29.2 Å². The van der Waals surface area contributed by atoms with Gasteiger partial charge in [-0.1, -0.05) is 13.8 Å². The van der Waals surface area contributed by atoms with E-state index >= 15 is 0 Å². The van der Waals surface area contributed by atoms with E-state index in [1.807, 2.05) is 11.6 Å². The van der Waals surface area contributed by atoms with Gasteiger partial charge in [0.15, 0.2) is 0 Å². The molecule has 5 heteroatoms. The molecule has 0 saturated heterocycles. The normalized spacial score (nSPS) is 13.3. The summed E-state index contributed by atoms with van der Waals surface area (Å²) in [6.45, 7) is 7.99. The lowest BCUT2D eigenvalue weighted by molar-refractivity contribution is 0.222. The SMILES string of the molecule is CCn1ncnc1CNC(CO)CC(C)C. The van der Waals surface area contributed by atoms with Crippen LogP contribution in [-0.2, 0) is 13.1 Å². The molecular weight excluding hydrogens is 204 g/mol. The molecule has 0 aliphatic rings. The molecule has 1 aromatic heterocycles. The average molecular weight is 226 g/mol. The third kappa shape index (κ3) is 3.90. The first kappa shape index (κ1) is 13.1. The highest BCUT2D eigenvalue weighted by Crippen LogP contribution is 2.05. The average Bonchev–Trinajstić information content (AvgIpc) is 2.70. The first-order valence-electron chi connectivity index (χ1n) is 5.88. The lowest BCUT2D eigenvalue weighted by Crippen LogP contribution is -2.34. The van der Waals surface area contributed by atoms with Crippen LogP contribution in [0.25, 0.3) is 0 Å². The Morgan fingerprint density at radius 2 is 2.25 bits per heavy atom. The van der Waals surface area contributed by atoms with E-state index in [1.165, 1.54) is 0 Å². The number of hydrogen-bond acceptors (Lipinski definition) is 4. The van der Waals surface area contributed by atoms with Gasteiger partial charge in [-0.05, 0) is 19.3 Å². The summed E-state index contributed by atoms with van der Waals surface area (Å²) in [6, 6.07) is 0.141. The van der Waals surface area contributed by atoms with E-state index < -0.39 is 0 Å². The van der Waals surface area contributed by atoms with E-state index in [9.17, 15) is 5.11 Å². The largest absolute Gasteiger partial charge is 0.395 e. The minimum atomic E-state index is 0.141. The minimum absolute atomic E-state index is 0.141. The first-order valence-corrected chi connectivity index (χ1v) is 5.88. The van der Waals surface area contributed by atoms with E-state index in [1.54, 1.807) is 6.33 Å². The third-order valence-electron chi connectivity index (χ3n) is 2.52. The van der Waals surface area contributed by atoms with Crippen molar-refractivity contribution in [1.82, 2.24) is 20.1 Å². The summed E-state index contributed by atoms with van der Waals surface area (Å²) in [6.07, 6.45) is 2.54. The van der Waals surface area contributed by atoms with Crippen LogP contribution in [0.5, 0.6) is 0 Å². The van der Waals surface area contributed by atoms with E-state index in [0.29, 0.717) is 12.5 Å². The van der Waals surface area contributed by atoms with Crippen LogP contribution in [-0.4, -0.2) is 32.5 Å². The lowest BCUT2D eigenvalue weighted by Gasteiger charge is -2.17. The molecule has 0 aromatic carbocycles. The molecule has 0 radical (unpaired) electrons. The molecule has 0 amide bonds. The summed E-state index contributed by atoms with van der Waals surface area (Å²) in [5.74, 6) is 1.50. The van der Waals surface area contributed by atoms with Crippen molar-refractivity contribution in [2.75, 3.05) is 6.61 Å². The maximum atomic E-state index is 9.22. The highest BCUT2D eigenvalue weighted by atomic mass is 16.3. The van der Waals surface area contributed by atoms with Crippen LogP contribution in [0.3, 0.4) is 0 Å². The molecule has 0 aliphatic heterocycles. The molecule has 0 saturated carbocycles. The van der Waals surface area contributed by atoms with Crippen LogP contribution in [0.2, 0.25) is 0 Å². The van der Waals surface area contributed by atoms with Crippen molar-refractivity contribution < 1.29 is 5.11 Å². The van der Waals surface area contributed by atoms with E-state index in [0.717, 1.165) is 18.8 Å². The quantitative estimate of drug-likeness (QED) is 0.721. The van der Waals surface area contributed by atoms with Gasteiger partial charge in [-0.3, -0.25) is 0 Å². The van der Waals surface area contributed by atoms with Crippen molar-refractivity contribution in [2.45, 2.75) is 46.3 Å². The van der Waals surface area contributed by atoms with Gasteiger partial charge in [0.2, 0.25) is 0 Å². The van der Waals surface area contributed by atoms with Crippen molar-refractivity contribution in [3.8, 4) is 0 Å². The smallest absolute Gasteiger partial charge is 0.140 e. The lowest BCUT2D eigenvalue weighted by atomic mass is 10.0. The van der Waals surface area contributed by atoms with Crippen LogP contribution < -0.4 is 5.32 Å². The Kier molecular flexibility index (Phi) is 5.42. The second-order valence-electron chi connectivity index (χ2n) is 4.38. The highest BCUT2D eigenvalue weighted by molar-refractivity contribution is 4.84. The van der Waals surface area contributed by atoms with Crippen LogP contribution in [0.1, 0.15) is 33.0 Å². The van der Waals surface area contributed by atoms with Crippen molar-refractivity contribution >= 4 is 0 Å². The van der Waals surface area contributed by atoms with Crippen molar-refractivity contribution in [3.05, 3.63) is 12.2 Å². The number of aryl methyl sites for hydroxylation is 1. The van der Waals surface area contributed by atoms with Gasteiger partial charge in [-0.15, -0.1) is 0 Å². The second kappa shape index (κ2) is 6.60. The third-order valence-corrected chi connectivity index (χ3v) is 2.52. The van der Waals surface area contributed by atoms with Crippen LogP contribution in [0, 0.1) is 5.92 Å². The number of nitrogens with one attached hydrogen (secondary N) is 1. The minimum Gasteiger partial charge on any atom is -0.395 e. The maximum absolute atomic E-state index is 9.22. The highest BCUT2D eigenvalue weighted by Gasteiger charge is 2.10. The van der Waals surface area contributed by atoms with Gasteiger partial charge in [-0.25, -0.2) is 9.67 Å². The summed E-state index contributed by atoms with van der Waals surface area (Å²) >= 11 is 0. The summed E-state index contributed by atoms with van der Waals surface area (Å²) in [5.41, 5.74) is 0. The van der Waals surface area contributed by atoms with Crippen LogP contribution in [0.4, 0.5) is 0 Å². The molecule has 16 heavy (non-hydrogen) atoms. The van der Waals surface area contributed by atoms with Crippen LogP contribution in [0.15, 0.2) is 6.33 Å². The van der Waals surface area contributed by atoms with Crippen molar-refractivity contribution in [2.24, 2.45) is 5.92 Å². The molecule has 5 nitrogen and oxygen atoms in total.